The van der Waals surface area contributed by atoms with Crippen molar-refractivity contribution in [2.45, 2.75) is 71.3 Å². The number of aryl methyl sites for hydroxylation is 1. The first-order chi connectivity index (χ1) is 20.1. The lowest BCUT2D eigenvalue weighted by Crippen LogP contribution is -2.35. The summed E-state index contributed by atoms with van der Waals surface area (Å²) in [5.74, 6) is 0.564. The second kappa shape index (κ2) is 9.89. The summed E-state index contributed by atoms with van der Waals surface area (Å²) in [6.45, 7) is 9.31. The summed E-state index contributed by atoms with van der Waals surface area (Å²) < 4.78 is 3.31. The van der Waals surface area contributed by atoms with Gasteiger partial charge in [-0.1, -0.05) is 32.9 Å². The van der Waals surface area contributed by atoms with Crippen molar-refractivity contribution in [1.29, 1.82) is 0 Å². The molecule has 3 aromatic heterocycles. The summed E-state index contributed by atoms with van der Waals surface area (Å²) in [6.07, 6.45) is 2.54. The third-order valence-corrected chi connectivity index (χ3v) is 10.00. The molecule has 0 unspecified atom stereocenters. The van der Waals surface area contributed by atoms with Gasteiger partial charge in [0.2, 0.25) is 0 Å². The zero-order valence-electron chi connectivity index (χ0n) is 24.3. The van der Waals surface area contributed by atoms with Crippen molar-refractivity contribution in [2.24, 2.45) is 7.05 Å². The molecule has 4 aromatic rings. The first-order valence-corrected chi connectivity index (χ1v) is 15.3. The number of rotatable bonds is 6. The standard InChI is InChI=1S/C31H35N7O3S/c1-31(2,3)26-12-18-15-37(30(41)28(18)42-26)25-7-5-6-21(22(25)17-39)23-14-24(29(40)35(4)33-23)32-27-13-20-16-36(19-8-9-19)10-11-38(20)34-27/h5-7,12-14,19,39H,8-11,15-17H2,1-4H3,(H,32,34). The van der Waals surface area contributed by atoms with Gasteiger partial charge in [-0.05, 0) is 42.0 Å². The topological polar surface area (TPSA) is 109 Å². The molecule has 1 fully saturated rings. The fraction of sp³-hybridized carbons (Fsp3) is 0.419. The Morgan fingerprint density at radius 1 is 1.07 bits per heavy atom. The Labute approximate surface area is 248 Å². The fourth-order valence-corrected chi connectivity index (χ4v) is 7.14. The second-order valence-electron chi connectivity index (χ2n) is 12.5. The molecule has 0 saturated heterocycles. The van der Waals surface area contributed by atoms with Crippen LogP contribution in [-0.4, -0.2) is 48.1 Å². The van der Waals surface area contributed by atoms with Crippen molar-refractivity contribution in [2.75, 3.05) is 16.8 Å². The van der Waals surface area contributed by atoms with Gasteiger partial charge < -0.3 is 15.3 Å². The van der Waals surface area contributed by atoms with Gasteiger partial charge in [0.1, 0.15) is 5.69 Å². The molecule has 1 aromatic carbocycles. The molecular weight excluding hydrogens is 550 g/mol. The number of carbonyl (C=O) groups is 1. The summed E-state index contributed by atoms with van der Waals surface area (Å²) in [4.78, 5) is 32.8. The summed E-state index contributed by atoms with van der Waals surface area (Å²) in [6, 6.07) is 12.1. The summed E-state index contributed by atoms with van der Waals surface area (Å²) in [5.41, 5.74) is 4.61. The Morgan fingerprint density at radius 2 is 1.88 bits per heavy atom. The van der Waals surface area contributed by atoms with E-state index in [1.165, 1.54) is 22.4 Å². The Hall–Kier alpha value is -3.80. The smallest absolute Gasteiger partial charge is 0.290 e. The number of aromatic nitrogens is 4. The van der Waals surface area contributed by atoms with Crippen molar-refractivity contribution >= 4 is 34.4 Å². The van der Waals surface area contributed by atoms with Crippen molar-refractivity contribution < 1.29 is 9.90 Å². The van der Waals surface area contributed by atoms with Gasteiger partial charge in [0.05, 0.1) is 41.6 Å². The zero-order valence-corrected chi connectivity index (χ0v) is 25.2. The number of anilines is 3. The SMILES string of the molecule is Cn1nc(-c2cccc(N3Cc4cc(C(C)(C)C)sc4C3=O)c2CO)cc(Nc2cc3n(n2)CCN(C2CC2)C3)c1=O. The highest BCUT2D eigenvalue weighted by Gasteiger charge is 2.35. The molecule has 1 saturated carbocycles. The van der Waals surface area contributed by atoms with Crippen molar-refractivity contribution in [3.8, 4) is 11.3 Å². The first-order valence-electron chi connectivity index (χ1n) is 14.4. The predicted octanol–water partition coefficient (Wildman–Crippen LogP) is 4.38. The third-order valence-electron chi connectivity index (χ3n) is 8.41. The summed E-state index contributed by atoms with van der Waals surface area (Å²) in [5, 5.41) is 23.0. The minimum absolute atomic E-state index is 0.0240. The monoisotopic (exact) mass is 585 g/mol. The maximum absolute atomic E-state index is 13.5. The van der Waals surface area contributed by atoms with E-state index in [0.29, 0.717) is 46.6 Å². The van der Waals surface area contributed by atoms with E-state index in [1.54, 1.807) is 29.4 Å². The lowest BCUT2D eigenvalue weighted by atomic mass is 9.94. The molecule has 0 atom stereocenters. The van der Waals surface area contributed by atoms with E-state index in [2.05, 4.69) is 42.2 Å². The van der Waals surface area contributed by atoms with Gasteiger partial charge in [-0.15, -0.1) is 11.3 Å². The molecule has 11 heteroatoms. The van der Waals surface area contributed by atoms with Crippen LogP contribution in [-0.2, 0) is 38.7 Å². The van der Waals surface area contributed by atoms with E-state index >= 15 is 0 Å². The molecular formula is C31H35N7O3S. The molecule has 42 heavy (non-hydrogen) atoms. The first kappa shape index (κ1) is 27.1. The average Bonchev–Trinajstić information content (AvgIpc) is 3.47. The molecule has 0 bridgehead atoms. The zero-order chi connectivity index (χ0) is 29.3. The molecule has 2 N–H and O–H groups in total. The maximum atomic E-state index is 13.5. The Kier molecular flexibility index (Phi) is 6.37. The van der Waals surface area contributed by atoms with Crippen LogP contribution in [0.1, 0.15) is 65.0 Å². The largest absolute Gasteiger partial charge is 0.392 e. The minimum Gasteiger partial charge on any atom is -0.392 e. The maximum Gasteiger partial charge on any atom is 0.290 e. The van der Waals surface area contributed by atoms with E-state index in [9.17, 15) is 14.7 Å². The van der Waals surface area contributed by atoms with E-state index < -0.39 is 0 Å². The molecule has 218 valence electrons. The fourth-order valence-electron chi connectivity index (χ4n) is 5.96. The van der Waals surface area contributed by atoms with Crippen LogP contribution in [0.25, 0.3) is 11.3 Å². The lowest BCUT2D eigenvalue weighted by Gasteiger charge is -2.27. The molecule has 1 aliphatic carbocycles. The number of nitrogens with zero attached hydrogens (tertiary/aromatic N) is 6. The number of nitrogens with one attached hydrogen (secondary N) is 1. The van der Waals surface area contributed by atoms with Gasteiger partial charge in [0.25, 0.3) is 11.5 Å². The molecule has 2 aliphatic heterocycles. The van der Waals surface area contributed by atoms with Gasteiger partial charge in [-0.2, -0.15) is 10.2 Å². The number of fused-ring (bicyclic) bond motifs is 2. The van der Waals surface area contributed by atoms with Gasteiger partial charge in [-0.25, -0.2) is 4.68 Å². The van der Waals surface area contributed by atoms with Gasteiger partial charge in [0, 0.05) is 48.2 Å². The van der Waals surface area contributed by atoms with Crippen LogP contribution in [0.3, 0.4) is 0 Å². The highest BCUT2D eigenvalue weighted by Crippen LogP contribution is 2.41. The lowest BCUT2D eigenvalue weighted by molar-refractivity contribution is 0.0999. The molecule has 0 spiro atoms. The van der Waals surface area contributed by atoms with Crippen LogP contribution in [0.2, 0.25) is 0 Å². The highest BCUT2D eigenvalue weighted by molar-refractivity contribution is 7.14. The van der Waals surface area contributed by atoms with Gasteiger partial charge in [-0.3, -0.25) is 19.2 Å². The number of hydrogen-bond acceptors (Lipinski definition) is 8. The molecule has 10 nitrogen and oxygen atoms in total. The summed E-state index contributed by atoms with van der Waals surface area (Å²) >= 11 is 1.55. The number of carbonyl (C=O) groups excluding carboxylic acids is 1. The Balaban J connectivity index is 1.20. The van der Waals surface area contributed by atoms with Gasteiger partial charge >= 0.3 is 0 Å². The number of thiophene rings is 1. The van der Waals surface area contributed by atoms with Crippen LogP contribution in [0.15, 0.2) is 41.2 Å². The minimum atomic E-state index is -0.283. The van der Waals surface area contributed by atoms with Crippen LogP contribution < -0.4 is 15.8 Å². The van der Waals surface area contributed by atoms with E-state index in [-0.39, 0.29) is 23.5 Å². The summed E-state index contributed by atoms with van der Waals surface area (Å²) in [7, 11) is 1.61. The van der Waals surface area contributed by atoms with Crippen molar-refractivity contribution in [1.82, 2.24) is 24.5 Å². The number of hydrogen-bond donors (Lipinski definition) is 2. The quantitative estimate of drug-likeness (QED) is 0.346. The average molecular weight is 586 g/mol. The number of amides is 1. The third kappa shape index (κ3) is 4.65. The van der Waals surface area contributed by atoms with Crippen LogP contribution in [0.4, 0.5) is 17.2 Å². The van der Waals surface area contributed by atoms with E-state index in [1.807, 2.05) is 28.9 Å². The highest BCUT2D eigenvalue weighted by atomic mass is 32.1. The predicted molar refractivity (Wildman–Crippen MR) is 163 cm³/mol. The van der Waals surface area contributed by atoms with Gasteiger partial charge in [0.15, 0.2) is 5.82 Å². The van der Waals surface area contributed by atoms with Crippen LogP contribution >= 0.6 is 11.3 Å². The Bertz CT molecular complexity index is 1780. The number of aliphatic hydroxyl groups excluding tert-OH is 1. The molecule has 7 rings (SSSR count). The van der Waals surface area contributed by atoms with E-state index in [4.69, 9.17) is 5.10 Å². The second-order valence-corrected chi connectivity index (χ2v) is 13.6. The molecule has 5 heterocycles. The normalized spacial score (nSPS) is 17.1. The number of benzene rings is 1. The molecule has 1 amide bonds. The Morgan fingerprint density at radius 3 is 2.60 bits per heavy atom. The van der Waals surface area contributed by atoms with Crippen LogP contribution in [0.5, 0.6) is 0 Å². The number of aliphatic hydroxyl groups is 1. The van der Waals surface area contributed by atoms with Crippen molar-refractivity contribution in [3.05, 3.63) is 73.3 Å². The molecule has 3 aliphatic rings. The van der Waals surface area contributed by atoms with Crippen molar-refractivity contribution in [3.63, 3.8) is 0 Å². The molecule has 0 radical (unpaired) electrons. The van der Waals surface area contributed by atoms with Crippen LogP contribution in [0, 0.1) is 0 Å². The van der Waals surface area contributed by atoms with E-state index in [0.717, 1.165) is 35.8 Å².